The zero-order chi connectivity index (χ0) is 12.1. The molecule has 1 amide bonds. The van der Waals surface area contributed by atoms with Crippen LogP contribution < -0.4 is 0 Å². The van der Waals surface area contributed by atoms with Crippen LogP contribution in [0.15, 0.2) is 0 Å². The molecule has 2 heterocycles. The molecule has 0 aromatic carbocycles. The van der Waals surface area contributed by atoms with E-state index in [0.717, 1.165) is 6.42 Å². The summed E-state index contributed by atoms with van der Waals surface area (Å²) in [5.74, 6) is 0.219. The molecule has 0 aromatic heterocycles. The van der Waals surface area contributed by atoms with Gasteiger partial charge in [-0.25, -0.2) is 0 Å². The second kappa shape index (κ2) is 3.55. The lowest BCUT2D eigenvalue weighted by Gasteiger charge is -2.27. The van der Waals surface area contributed by atoms with Crippen molar-refractivity contribution in [3.05, 3.63) is 0 Å². The molecule has 0 saturated carbocycles. The molecule has 0 aliphatic carbocycles. The minimum absolute atomic E-state index is 0.0315. The average Bonchev–Trinajstić information content (AvgIpc) is 2.54. The standard InChI is InChI=1S/C12H19NO3/c1-7(14)11-9-5-12(3,4)16-10(9)6-13(11)8(2)15/h9-11H,5-6H2,1-4H3/t9?,10?,11-/m1/s1. The van der Waals surface area contributed by atoms with Gasteiger partial charge in [0, 0.05) is 19.4 Å². The van der Waals surface area contributed by atoms with Crippen molar-refractivity contribution >= 4 is 11.7 Å². The van der Waals surface area contributed by atoms with Gasteiger partial charge >= 0.3 is 0 Å². The maximum atomic E-state index is 11.7. The largest absolute Gasteiger partial charge is 0.370 e. The Kier molecular flexibility index (Phi) is 2.57. The molecule has 2 saturated heterocycles. The molecule has 2 aliphatic rings. The maximum absolute atomic E-state index is 11.7. The number of likely N-dealkylation sites (tertiary alicyclic amines) is 1. The third kappa shape index (κ3) is 1.75. The Bertz CT molecular complexity index is 337. The van der Waals surface area contributed by atoms with E-state index in [1.54, 1.807) is 11.8 Å². The van der Waals surface area contributed by atoms with Crippen molar-refractivity contribution in [2.75, 3.05) is 6.54 Å². The summed E-state index contributed by atoms with van der Waals surface area (Å²) < 4.78 is 5.89. The van der Waals surface area contributed by atoms with Crippen molar-refractivity contribution < 1.29 is 14.3 Å². The molecule has 2 aliphatic heterocycles. The van der Waals surface area contributed by atoms with E-state index in [1.165, 1.54) is 6.92 Å². The van der Waals surface area contributed by atoms with E-state index in [2.05, 4.69) is 0 Å². The summed E-state index contributed by atoms with van der Waals surface area (Å²) in [5, 5.41) is 0. The number of ether oxygens (including phenoxy) is 1. The van der Waals surface area contributed by atoms with Gasteiger partial charge < -0.3 is 9.64 Å². The zero-order valence-corrected chi connectivity index (χ0v) is 10.3. The van der Waals surface area contributed by atoms with Gasteiger partial charge in [0.1, 0.15) is 0 Å². The van der Waals surface area contributed by atoms with Crippen LogP contribution in [0.3, 0.4) is 0 Å². The van der Waals surface area contributed by atoms with Crippen LogP contribution in [-0.2, 0) is 14.3 Å². The SMILES string of the molecule is CC(=O)[C@@H]1C2CC(C)(C)OC2CN1C(C)=O. The summed E-state index contributed by atoms with van der Waals surface area (Å²) >= 11 is 0. The summed E-state index contributed by atoms with van der Waals surface area (Å²) in [4.78, 5) is 24.8. The quantitative estimate of drug-likeness (QED) is 0.668. The van der Waals surface area contributed by atoms with Gasteiger partial charge in [-0.15, -0.1) is 0 Å². The monoisotopic (exact) mass is 225 g/mol. The Balaban J connectivity index is 2.23. The van der Waals surface area contributed by atoms with Gasteiger partial charge in [-0.3, -0.25) is 9.59 Å². The summed E-state index contributed by atoms with van der Waals surface area (Å²) in [6, 6.07) is -0.274. The highest BCUT2D eigenvalue weighted by Gasteiger charge is 2.53. The topological polar surface area (TPSA) is 46.6 Å². The number of carbonyl (C=O) groups is 2. The molecular formula is C12H19NO3. The van der Waals surface area contributed by atoms with Crippen LogP contribution in [-0.4, -0.2) is 40.9 Å². The van der Waals surface area contributed by atoms with E-state index < -0.39 is 0 Å². The molecule has 0 aromatic rings. The lowest BCUT2D eigenvalue weighted by molar-refractivity contribution is -0.136. The van der Waals surface area contributed by atoms with Crippen molar-refractivity contribution in [1.29, 1.82) is 0 Å². The molecule has 4 nitrogen and oxygen atoms in total. The van der Waals surface area contributed by atoms with Crippen molar-refractivity contribution in [2.24, 2.45) is 5.92 Å². The van der Waals surface area contributed by atoms with Crippen LogP contribution in [0.25, 0.3) is 0 Å². The predicted molar refractivity (Wildman–Crippen MR) is 58.9 cm³/mol. The summed E-state index contributed by atoms with van der Waals surface area (Å²) in [6.45, 7) is 7.73. The Morgan fingerprint density at radius 3 is 2.44 bits per heavy atom. The minimum Gasteiger partial charge on any atom is -0.370 e. The molecule has 90 valence electrons. The summed E-state index contributed by atoms with van der Waals surface area (Å²) in [5.41, 5.74) is -0.161. The number of hydrogen-bond acceptors (Lipinski definition) is 3. The summed E-state index contributed by atoms with van der Waals surface area (Å²) in [6.07, 6.45) is 0.888. The van der Waals surface area contributed by atoms with E-state index in [4.69, 9.17) is 4.74 Å². The van der Waals surface area contributed by atoms with Crippen LogP contribution in [0.1, 0.15) is 34.1 Å². The number of rotatable bonds is 1. The third-order valence-electron chi connectivity index (χ3n) is 3.61. The van der Waals surface area contributed by atoms with Gasteiger partial charge in [0.15, 0.2) is 5.78 Å². The fraction of sp³-hybridized carbons (Fsp3) is 0.833. The third-order valence-corrected chi connectivity index (χ3v) is 3.61. The van der Waals surface area contributed by atoms with Crippen molar-refractivity contribution in [1.82, 2.24) is 4.90 Å². The molecule has 0 radical (unpaired) electrons. The van der Waals surface area contributed by atoms with Gasteiger partial charge in [-0.2, -0.15) is 0 Å². The van der Waals surface area contributed by atoms with E-state index in [9.17, 15) is 9.59 Å². The molecule has 16 heavy (non-hydrogen) atoms. The first-order valence-electron chi connectivity index (χ1n) is 5.77. The molecule has 4 heteroatoms. The van der Waals surface area contributed by atoms with E-state index in [0.29, 0.717) is 6.54 Å². The number of carbonyl (C=O) groups excluding carboxylic acids is 2. The second-order valence-corrected chi connectivity index (χ2v) is 5.51. The van der Waals surface area contributed by atoms with E-state index in [-0.39, 0.29) is 35.4 Å². The fourth-order valence-electron chi connectivity index (χ4n) is 3.12. The molecule has 2 rings (SSSR count). The molecule has 0 bridgehead atoms. The molecule has 3 atom stereocenters. The van der Waals surface area contributed by atoms with Gasteiger partial charge in [-0.05, 0) is 27.2 Å². The predicted octanol–water partition coefficient (Wildman–Crippen LogP) is 0.990. The maximum Gasteiger partial charge on any atom is 0.220 e. The van der Waals surface area contributed by atoms with E-state index >= 15 is 0 Å². The van der Waals surface area contributed by atoms with Crippen LogP contribution in [0.5, 0.6) is 0 Å². The number of Topliss-reactive ketones (excluding diaryl/α,β-unsaturated/α-hetero) is 1. The van der Waals surface area contributed by atoms with Crippen LogP contribution >= 0.6 is 0 Å². The van der Waals surface area contributed by atoms with Crippen LogP contribution in [0, 0.1) is 5.92 Å². The smallest absolute Gasteiger partial charge is 0.220 e. The fourth-order valence-corrected chi connectivity index (χ4v) is 3.12. The van der Waals surface area contributed by atoms with Gasteiger partial charge in [0.2, 0.25) is 5.91 Å². The molecule has 2 fully saturated rings. The Labute approximate surface area is 95.9 Å². The molecule has 0 N–H and O–H groups in total. The average molecular weight is 225 g/mol. The Hall–Kier alpha value is -0.900. The van der Waals surface area contributed by atoms with Crippen molar-refractivity contribution in [2.45, 2.75) is 51.9 Å². The van der Waals surface area contributed by atoms with Crippen LogP contribution in [0.4, 0.5) is 0 Å². The first kappa shape index (κ1) is 11.6. The zero-order valence-electron chi connectivity index (χ0n) is 10.3. The molecule has 2 unspecified atom stereocenters. The van der Waals surface area contributed by atoms with Gasteiger partial charge in [-0.1, -0.05) is 0 Å². The number of nitrogens with zero attached hydrogens (tertiary/aromatic N) is 1. The highest BCUT2D eigenvalue weighted by atomic mass is 16.5. The number of amides is 1. The van der Waals surface area contributed by atoms with Crippen LogP contribution in [0.2, 0.25) is 0 Å². The van der Waals surface area contributed by atoms with Gasteiger partial charge in [0.05, 0.1) is 17.7 Å². The van der Waals surface area contributed by atoms with E-state index in [1.807, 2.05) is 13.8 Å². The van der Waals surface area contributed by atoms with Gasteiger partial charge in [0.25, 0.3) is 0 Å². The first-order chi connectivity index (χ1) is 7.32. The highest BCUT2D eigenvalue weighted by Crippen LogP contribution is 2.42. The lowest BCUT2D eigenvalue weighted by Crippen LogP contribution is -2.42. The molecule has 0 spiro atoms. The Morgan fingerprint density at radius 2 is 1.94 bits per heavy atom. The Morgan fingerprint density at radius 1 is 1.31 bits per heavy atom. The number of hydrogen-bond donors (Lipinski definition) is 0. The normalized spacial score (nSPS) is 36.2. The number of ketones is 1. The molecular weight excluding hydrogens is 206 g/mol. The van der Waals surface area contributed by atoms with Crippen molar-refractivity contribution in [3.63, 3.8) is 0 Å². The summed E-state index contributed by atoms with van der Waals surface area (Å²) in [7, 11) is 0. The van der Waals surface area contributed by atoms with Crippen molar-refractivity contribution in [3.8, 4) is 0 Å². The lowest BCUT2D eigenvalue weighted by atomic mass is 9.89. The number of fused-ring (bicyclic) bond motifs is 1. The highest BCUT2D eigenvalue weighted by molar-refractivity contribution is 5.88. The second-order valence-electron chi connectivity index (χ2n) is 5.51. The minimum atomic E-state index is -0.274. The first-order valence-corrected chi connectivity index (χ1v) is 5.77.